The van der Waals surface area contributed by atoms with Crippen molar-refractivity contribution in [2.75, 3.05) is 13.7 Å². The lowest BCUT2D eigenvalue weighted by Crippen LogP contribution is -2.53. The normalized spacial score (nSPS) is 16.4. The van der Waals surface area contributed by atoms with Crippen molar-refractivity contribution in [1.29, 1.82) is 5.26 Å². The number of nitrogens with zero attached hydrogens (tertiary/aromatic N) is 1. The van der Waals surface area contributed by atoms with Gasteiger partial charge in [-0.1, -0.05) is 72.3 Å². The minimum Gasteiger partial charge on any atom is -0.489 e. The molecule has 2 N–H and O–H groups in total. The maximum Gasteiger partial charge on any atom is 0.328 e. The zero-order chi connectivity index (χ0) is 36.9. The van der Waals surface area contributed by atoms with E-state index in [-0.39, 0.29) is 18.4 Å². The lowest BCUT2D eigenvalue weighted by atomic mass is 9.94. The molecular formula is C43H38ClN3O6. The zero-order valence-corrected chi connectivity index (χ0v) is 30.1. The molecule has 0 aromatic heterocycles. The molecule has 0 saturated carbocycles. The molecule has 3 unspecified atom stereocenters. The maximum absolute atomic E-state index is 13.5. The first-order valence-electron chi connectivity index (χ1n) is 17.4. The summed E-state index contributed by atoms with van der Waals surface area (Å²) >= 11 is 6.25. The Labute approximate surface area is 313 Å². The molecule has 1 amide bonds. The van der Waals surface area contributed by atoms with Gasteiger partial charge in [0.15, 0.2) is 17.6 Å². The predicted molar refractivity (Wildman–Crippen MR) is 201 cm³/mol. The highest BCUT2D eigenvalue weighted by Gasteiger charge is 2.31. The van der Waals surface area contributed by atoms with Gasteiger partial charge < -0.3 is 29.6 Å². The van der Waals surface area contributed by atoms with Crippen LogP contribution in [0.2, 0.25) is 5.02 Å². The Morgan fingerprint density at radius 1 is 0.925 bits per heavy atom. The Balaban J connectivity index is 0.949. The van der Waals surface area contributed by atoms with Crippen molar-refractivity contribution in [1.82, 2.24) is 10.6 Å². The van der Waals surface area contributed by atoms with Gasteiger partial charge in [0.05, 0.1) is 24.8 Å². The second-order valence-electron chi connectivity index (χ2n) is 13.2. The molecule has 2 aliphatic heterocycles. The number of nitrogens with one attached hydrogen (secondary N) is 2. The van der Waals surface area contributed by atoms with E-state index in [2.05, 4.69) is 16.7 Å². The number of fused-ring (bicyclic) bond motifs is 2. The molecule has 10 heteroatoms. The average molecular weight is 728 g/mol. The molecule has 268 valence electrons. The van der Waals surface area contributed by atoms with E-state index in [0.717, 1.165) is 55.3 Å². The zero-order valence-electron chi connectivity index (χ0n) is 29.4. The third kappa shape index (κ3) is 8.30. The van der Waals surface area contributed by atoms with Gasteiger partial charge in [-0.15, -0.1) is 0 Å². The standard InChI is InChI=1S/C43H38ClN3O6/c1-26-3-4-29(17-36(26)44)24-51-35-15-13-32(14-16-35)41-25-52-39-20-33-19-37(46-23-34(33)21-40(39)53-41)42(48)47-38(43(49)50-2)18-27-5-9-30(10-6-27)31-11-7-28(22-45)8-12-31/h3-17,20-21,37-38,41,46H,18-19,23-25H2,1-2H3,(H,47,48). The topological polar surface area (TPSA) is 119 Å². The first kappa shape index (κ1) is 35.6. The number of halogens is 1. The molecule has 9 nitrogen and oxygen atoms in total. The number of aryl methyl sites for hydroxylation is 1. The number of esters is 1. The Morgan fingerprint density at radius 2 is 1.62 bits per heavy atom. The second kappa shape index (κ2) is 15.8. The summed E-state index contributed by atoms with van der Waals surface area (Å²) in [5, 5.41) is 16.0. The van der Waals surface area contributed by atoms with Crippen LogP contribution in [0.4, 0.5) is 0 Å². The van der Waals surface area contributed by atoms with Gasteiger partial charge in [-0.25, -0.2) is 4.79 Å². The number of nitriles is 1. The van der Waals surface area contributed by atoms with Crippen LogP contribution in [0.5, 0.6) is 17.2 Å². The molecule has 0 radical (unpaired) electrons. The lowest BCUT2D eigenvalue weighted by molar-refractivity contribution is -0.145. The van der Waals surface area contributed by atoms with Crippen LogP contribution >= 0.6 is 11.6 Å². The van der Waals surface area contributed by atoms with Crippen molar-refractivity contribution >= 4 is 23.5 Å². The van der Waals surface area contributed by atoms with Gasteiger partial charge in [0, 0.05) is 18.0 Å². The molecule has 0 bridgehead atoms. The highest BCUT2D eigenvalue weighted by atomic mass is 35.5. The van der Waals surface area contributed by atoms with E-state index < -0.39 is 18.1 Å². The van der Waals surface area contributed by atoms with Gasteiger partial charge in [-0.2, -0.15) is 5.26 Å². The Bertz CT molecular complexity index is 2160. The van der Waals surface area contributed by atoms with Gasteiger partial charge in [-0.3, -0.25) is 4.79 Å². The summed E-state index contributed by atoms with van der Waals surface area (Å²) in [4.78, 5) is 26.3. The van der Waals surface area contributed by atoms with Crippen LogP contribution in [0.1, 0.15) is 45.0 Å². The fraction of sp³-hybridized carbons (Fsp3) is 0.233. The molecule has 5 aromatic carbocycles. The molecule has 0 fully saturated rings. The first-order chi connectivity index (χ1) is 25.8. The quantitative estimate of drug-likeness (QED) is 0.145. The fourth-order valence-corrected chi connectivity index (χ4v) is 6.72. The van der Waals surface area contributed by atoms with Gasteiger partial charge in [0.25, 0.3) is 0 Å². The number of benzene rings is 5. The minimum absolute atomic E-state index is 0.272. The highest BCUT2D eigenvalue weighted by Crippen LogP contribution is 2.40. The third-order valence-corrected chi connectivity index (χ3v) is 10.0. The van der Waals surface area contributed by atoms with Gasteiger partial charge in [-0.05, 0) is 100 Å². The van der Waals surface area contributed by atoms with Crippen molar-refractivity contribution in [3.8, 4) is 34.4 Å². The maximum atomic E-state index is 13.5. The molecular weight excluding hydrogens is 690 g/mol. The first-order valence-corrected chi connectivity index (χ1v) is 17.8. The van der Waals surface area contributed by atoms with Crippen LogP contribution in [-0.4, -0.2) is 37.7 Å². The van der Waals surface area contributed by atoms with Crippen molar-refractivity contribution in [2.45, 2.75) is 51.1 Å². The number of hydrogen-bond acceptors (Lipinski definition) is 8. The molecule has 0 spiro atoms. The third-order valence-electron chi connectivity index (χ3n) is 9.64. The number of hydrogen-bond donors (Lipinski definition) is 2. The predicted octanol–water partition coefficient (Wildman–Crippen LogP) is 7.19. The summed E-state index contributed by atoms with van der Waals surface area (Å²) in [6, 6.07) is 33.5. The number of ether oxygens (including phenoxy) is 4. The van der Waals surface area contributed by atoms with Crippen molar-refractivity contribution in [3.63, 3.8) is 0 Å². The van der Waals surface area contributed by atoms with Crippen LogP contribution in [-0.2, 0) is 40.3 Å². The van der Waals surface area contributed by atoms with Crippen molar-refractivity contribution in [3.05, 3.63) is 147 Å². The van der Waals surface area contributed by atoms with Crippen LogP contribution in [0.15, 0.2) is 103 Å². The average Bonchev–Trinajstić information content (AvgIpc) is 3.20. The molecule has 0 aliphatic carbocycles. The smallest absolute Gasteiger partial charge is 0.328 e. The highest BCUT2D eigenvalue weighted by molar-refractivity contribution is 6.31. The molecule has 2 aliphatic rings. The number of rotatable bonds is 10. The Morgan fingerprint density at radius 3 is 2.32 bits per heavy atom. The summed E-state index contributed by atoms with van der Waals surface area (Å²) < 4.78 is 23.6. The molecule has 7 rings (SSSR count). The number of amides is 1. The summed E-state index contributed by atoms with van der Waals surface area (Å²) in [6.07, 6.45) is 0.404. The molecule has 0 saturated heterocycles. The van der Waals surface area contributed by atoms with Gasteiger partial charge in [0.1, 0.15) is 25.0 Å². The minimum atomic E-state index is -0.860. The SMILES string of the molecule is COC(=O)C(Cc1ccc(-c2ccc(C#N)cc2)cc1)NC(=O)C1Cc2cc3c(cc2CN1)OC(c1ccc(OCc2ccc(C)c(Cl)c2)cc1)CO3. The van der Waals surface area contributed by atoms with Crippen LogP contribution in [0.3, 0.4) is 0 Å². The van der Waals surface area contributed by atoms with Crippen molar-refractivity contribution < 1.29 is 28.5 Å². The molecule has 53 heavy (non-hydrogen) atoms. The summed E-state index contributed by atoms with van der Waals surface area (Å²) in [5.41, 5.74) is 8.43. The lowest BCUT2D eigenvalue weighted by Gasteiger charge is -2.31. The number of methoxy groups -OCH3 is 1. The Kier molecular flexibility index (Phi) is 10.6. The summed E-state index contributed by atoms with van der Waals surface area (Å²) in [6.45, 7) is 3.18. The van der Waals surface area contributed by atoms with E-state index in [9.17, 15) is 9.59 Å². The van der Waals surface area contributed by atoms with E-state index >= 15 is 0 Å². The van der Waals surface area contributed by atoms with E-state index in [1.165, 1.54) is 7.11 Å². The van der Waals surface area contributed by atoms with E-state index in [1.807, 2.05) is 97.9 Å². The van der Waals surface area contributed by atoms with Crippen LogP contribution < -0.4 is 24.8 Å². The Hall–Kier alpha value is -5.82. The molecule has 5 aromatic rings. The fourth-order valence-electron chi connectivity index (χ4n) is 6.52. The number of carbonyl (C=O) groups is 2. The van der Waals surface area contributed by atoms with Crippen molar-refractivity contribution in [2.24, 2.45) is 0 Å². The van der Waals surface area contributed by atoms with Crippen LogP contribution in [0, 0.1) is 18.3 Å². The van der Waals surface area contributed by atoms with E-state index in [0.29, 0.717) is 43.2 Å². The van der Waals surface area contributed by atoms with Gasteiger partial charge >= 0.3 is 5.97 Å². The molecule has 2 heterocycles. The monoisotopic (exact) mass is 727 g/mol. The number of carbonyl (C=O) groups excluding carboxylic acids is 2. The second-order valence-corrected chi connectivity index (χ2v) is 13.6. The van der Waals surface area contributed by atoms with Crippen LogP contribution in [0.25, 0.3) is 11.1 Å². The summed E-state index contributed by atoms with van der Waals surface area (Å²) in [5.74, 6) is 1.22. The van der Waals surface area contributed by atoms with E-state index in [1.54, 1.807) is 12.1 Å². The van der Waals surface area contributed by atoms with Gasteiger partial charge in [0.2, 0.25) is 5.91 Å². The summed E-state index contributed by atoms with van der Waals surface area (Å²) in [7, 11) is 1.31. The van der Waals surface area contributed by atoms with E-state index in [4.69, 9.17) is 35.8 Å². The molecule has 3 atom stereocenters. The largest absolute Gasteiger partial charge is 0.489 e.